The molecule has 0 saturated carbocycles. The molecule has 0 saturated heterocycles. The molecule has 104 valence electrons. The maximum Gasteiger partial charge on any atom is 0.251 e. The van der Waals surface area contributed by atoms with E-state index in [1.165, 1.54) is 5.56 Å². The molecule has 0 fully saturated rings. The number of aryl methyl sites for hydroxylation is 1. The molecule has 1 aliphatic heterocycles. The SMILES string of the molecule is CC(C)(CCO)NC(=O)c1ccc2c(c1)CCCN2. The van der Waals surface area contributed by atoms with Crippen LogP contribution in [0, 0.1) is 0 Å². The first-order valence-electron chi connectivity index (χ1n) is 6.82. The van der Waals surface area contributed by atoms with Crippen molar-refractivity contribution in [3.05, 3.63) is 29.3 Å². The van der Waals surface area contributed by atoms with E-state index in [1.54, 1.807) is 0 Å². The van der Waals surface area contributed by atoms with Crippen LogP contribution >= 0.6 is 0 Å². The van der Waals surface area contributed by atoms with Gasteiger partial charge in [-0.25, -0.2) is 0 Å². The normalized spacial score (nSPS) is 14.5. The molecule has 4 nitrogen and oxygen atoms in total. The number of hydrogen-bond donors (Lipinski definition) is 3. The summed E-state index contributed by atoms with van der Waals surface area (Å²) in [5.74, 6) is -0.0770. The highest BCUT2D eigenvalue weighted by Gasteiger charge is 2.21. The molecule has 2 rings (SSSR count). The Morgan fingerprint density at radius 3 is 3.00 bits per heavy atom. The molecule has 3 N–H and O–H groups in total. The van der Waals surface area contributed by atoms with E-state index in [0.29, 0.717) is 12.0 Å². The first kappa shape index (κ1) is 13.9. The van der Waals surface area contributed by atoms with Gasteiger partial charge in [-0.2, -0.15) is 0 Å². The predicted octanol–water partition coefficient (Wildman–Crippen LogP) is 1.94. The molecule has 19 heavy (non-hydrogen) atoms. The molecule has 0 aromatic heterocycles. The Balaban J connectivity index is 2.11. The van der Waals surface area contributed by atoms with Crippen LogP contribution in [0.15, 0.2) is 18.2 Å². The van der Waals surface area contributed by atoms with Gasteiger partial charge < -0.3 is 15.7 Å². The number of fused-ring (bicyclic) bond motifs is 1. The quantitative estimate of drug-likeness (QED) is 0.777. The molecule has 4 heteroatoms. The second kappa shape index (κ2) is 5.61. The van der Waals surface area contributed by atoms with Crippen molar-refractivity contribution >= 4 is 11.6 Å². The van der Waals surface area contributed by atoms with Crippen LogP contribution in [0.4, 0.5) is 5.69 Å². The van der Waals surface area contributed by atoms with Crippen molar-refractivity contribution in [3.63, 3.8) is 0 Å². The largest absolute Gasteiger partial charge is 0.396 e. The summed E-state index contributed by atoms with van der Waals surface area (Å²) in [5.41, 5.74) is 2.64. The van der Waals surface area contributed by atoms with Gasteiger partial charge in [-0.1, -0.05) is 0 Å². The van der Waals surface area contributed by atoms with Gasteiger partial charge in [0.1, 0.15) is 0 Å². The maximum absolute atomic E-state index is 12.2. The summed E-state index contributed by atoms with van der Waals surface area (Å²) in [6, 6.07) is 5.79. The van der Waals surface area contributed by atoms with Crippen LogP contribution in [0.1, 0.15) is 42.6 Å². The fraction of sp³-hybridized carbons (Fsp3) is 0.533. The summed E-state index contributed by atoms with van der Waals surface area (Å²) in [5, 5.41) is 15.3. The summed E-state index contributed by atoms with van der Waals surface area (Å²) < 4.78 is 0. The molecule has 0 spiro atoms. The average molecular weight is 262 g/mol. The number of aliphatic hydroxyl groups excluding tert-OH is 1. The first-order valence-corrected chi connectivity index (χ1v) is 6.82. The number of aliphatic hydroxyl groups is 1. The Bertz CT molecular complexity index is 469. The Labute approximate surface area is 114 Å². The third-order valence-electron chi connectivity index (χ3n) is 3.49. The second-order valence-corrected chi connectivity index (χ2v) is 5.71. The highest BCUT2D eigenvalue weighted by Crippen LogP contribution is 2.23. The first-order chi connectivity index (χ1) is 9.02. The molecule has 1 aromatic rings. The molecule has 0 radical (unpaired) electrons. The van der Waals surface area contributed by atoms with Gasteiger partial charge in [-0.15, -0.1) is 0 Å². The van der Waals surface area contributed by atoms with Crippen LogP contribution in [-0.4, -0.2) is 29.7 Å². The minimum atomic E-state index is -0.389. The van der Waals surface area contributed by atoms with Crippen LogP contribution in [0.3, 0.4) is 0 Å². The number of carbonyl (C=O) groups is 1. The standard InChI is InChI=1S/C15H22N2O2/c1-15(2,7-9-18)17-14(19)12-5-6-13-11(10-12)4-3-8-16-13/h5-6,10,16,18H,3-4,7-9H2,1-2H3,(H,17,19). The number of amides is 1. The zero-order chi connectivity index (χ0) is 13.9. The predicted molar refractivity (Wildman–Crippen MR) is 76.5 cm³/mol. The van der Waals surface area contributed by atoms with Crippen molar-refractivity contribution in [3.8, 4) is 0 Å². The van der Waals surface area contributed by atoms with E-state index in [2.05, 4.69) is 10.6 Å². The van der Waals surface area contributed by atoms with Gasteiger partial charge in [0.25, 0.3) is 5.91 Å². The van der Waals surface area contributed by atoms with Crippen molar-refractivity contribution in [2.45, 2.75) is 38.6 Å². The lowest BCUT2D eigenvalue weighted by molar-refractivity contribution is 0.0899. The number of carbonyl (C=O) groups excluding carboxylic acids is 1. The van der Waals surface area contributed by atoms with Gasteiger partial charge in [0.2, 0.25) is 0 Å². The van der Waals surface area contributed by atoms with Gasteiger partial charge in [0, 0.05) is 29.9 Å². The molecule has 1 amide bonds. The summed E-state index contributed by atoms with van der Waals surface area (Å²) in [7, 11) is 0. The van der Waals surface area contributed by atoms with E-state index >= 15 is 0 Å². The van der Waals surface area contributed by atoms with Gasteiger partial charge in [0.15, 0.2) is 0 Å². The lowest BCUT2D eigenvalue weighted by atomic mass is 9.98. The Morgan fingerprint density at radius 2 is 2.26 bits per heavy atom. The van der Waals surface area contributed by atoms with Crippen molar-refractivity contribution < 1.29 is 9.90 Å². The Hall–Kier alpha value is -1.55. The molecule has 0 aliphatic carbocycles. The molecule has 0 unspecified atom stereocenters. The fourth-order valence-corrected chi connectivity index (χ4v) is 2.34. The maximum atomic E-state index is 12.2. The third kappa shape index (κ3) is 3.47. The van der Waals surface area contributed by atoms with E-state index in [1.807, 2.05) is 32.0 Å². The van der Waals surface area contributed by atoms with Crippen molar-refractivity contribution in [2.24, 2.45) is 0 Å². The van der Waals surface area contributed by atoms with E-state index in [9.17, 15) is 4.79 Å². The highest BCUT2D eigenvalue weighted by molar-refractivity contribution is 5.95. The van der Waals surface area contributed by atoms with E-state index in [0.717, 1.165) is 25.1 Å². The van der Waals surface area contributed by atoms with Crippen LogP contribution in [-0.2, 0) is 6.42 Å². The minimum Gasteiger partial charge on any atom is -0.396 e. The Kier molecular flexibility index (Phi) is 4.10. The van der Waals surface area contributed by atoms with Gasteiger partial charge in [0.05, 0.1) is 0 Å². The highest BCUT2D eigenvalue weighted by atomic mass is 16.3. The fourth-order valence-electron chi connectivity index (χ4n) is 2.34. The summed E-state index contributed by atoms with van der Waals surface area (Å²) in [6.45, 7) is 4.91. The lowest BCUT2D eigenvalue weighted by Crippen LogP contribution is -2.44. The van der Waals surface area contributed by atoms with Gasteiger partial charge in [-0.3, -0.25) is 4.79 Å². The number of anilines is 1. The molecule has 1 heterocycles. The summed E-state index contributed by atoms with van der Waals surface area (Å²) in [6.07, 6.45) is 2.67. The van der Waals surface area contributed by atoms with Crippen LogP contribution < -0.4 is 10.6 Å². The van der Waals surface area contributed by atoms with Gasteiger partial charge >= 0.3 is 0 Å². The topological polar surface area (TPSA) is 61.4 Å². The van der Waals surface area contributed by atoms with Crippen molar-refractivity contribution in [1.29, 1.82) is 0 Å². The average Bonchev–Trinajstić information content (AvgIpc) is 2.37. The van der Waals surface area contributed by atoms with Crippen molar-refractivity contribution in [1.82, 2.24) is 5.32 Å². The summed E-state index contributed by atoms with van der Waals surface area (Å²) in [4.78, 5) is 12.2. The van der Waals surface area contributed by atoms with E-state index in [-0.39, 0.29) is 18.1 Å². The van der Waals surface area contributed by atoms with E-state index in [4.69, 9.17) is 5.11 Å². The Morgan fingerprint density at radius 1 is 1.47 bits per heavy atom. The van der Waals surface area contributed by atoms with E-state index < -0.39 is 0 Å². The molecular weight excluding hydrogens is 240 g/mol. The molecule has 0 bridgehead atoms. The van der Waals surface area contributed by atoms with Crippen LogP contribution in [0.2, 0.25) is 0 Å². The number of nitrogens with one attached hydrogen (secondary N) is 2. The minimum absolute atomic E-state index is 0.0708. The molecule has 1 aromatic carbocycles. The molecule has 0 atom stereocenters. The van der Waals surface area contributed by atoms with Crippen molar-refractivity contribution in [2.75, 3.05) is 18.5 Å². The number of rotatable bonds is 4. The zero-order valence-electron chi connectivity index (χ0n) is 11.6. The monoisotopic (exact) mass is 262 g/mol. The van der Waals surface area contributed by atoms with Crippen LogP contribution in [0.5, 0.6) is 0 Å². The lowest BCUT2D eigenvalue weighted by Gasteiger charge is -2.26. The van der Waals surface area contributed by atoms with Gasteiger partial charge in [-0.05, 0) is 56.9 Å². The smallest absolute Gasteiger partial charge is 0.251 e. The van der Waals surface area contributed by atoms with Crippen LogP contribution in [0.25, 0.3) is 0 Å². The summed E-state index contributed by atoms with van der Waals surface area (Å²) >= 11 is 0. The number of hydrogen-bond acceptors (Lipinski definition) is 3. The molecular formula is C15H22N2O2. The zero-order valence-corrected chi connectivity index (χ0v) is 11.6. The third-order valence-corrected chi connectivity index (χ3v) is 3.49. The second-order valence-electron chi connectivity index (χ2n) is 5.71. The molecule has 1 aliphatic rings. The number of benzene rings is 1.